The Morgan fingerprint density at radius 2 is 2.42 bits per heavy atom. The van der Waals surface area contributed by atoms with Crippen LogP contribution in [0.5, 0.6) is 0 Å². The summed E-state index contributed by atoms with van der Waals surface area (Å²) in [5.74, 6) is -0.638. The lowest BCUT2D eigenvalue weighted by Crippen LogP contribution is -2.00. The highest BCUT2D eigenvalue weighted by atomic mass is 32.2. The molecule has 2 heterocycles. The Morgan fingerprint density at radius 1 is 1.67 bits per heavy atom. The largest absolute Gasteiger partial charge is 0.477 e. The fourth-order valence-electron chi connectivity index (χ4n) is 1.09. The fraction of sp³-hybridized carbons (Fsp3) is 0.143. The van der Waals surface area contributed by atoms with Crippen LogP contribution < -0.4 is 0 Å². The summed E-state index contributed by atoms with van der Waals surface area (Å²) in [6.07, 6.45) is 0. The van der Waals surface area contributed by atoms with Crippen LogP contribution in [-0.2, 0) is 0 Å². The lowest BCUT2D eigenvalue weighted by molar-refractivity contribution is 0.0691. The summed E-state index contributed by atoms with van der Waals surface area (Å²) in [6.45, 7) is 0. The molecule has 1 aliphatic rings. The number of aromatic amines is 1. The number of H-pyrrole nitrogens is 1. The van der Waals surface area contributed by atoms with E-state index in [1.807, 2.05) is 0 Å². The van der Waals surface area contributed by atoms with Gasteiger partial charge in [-0.3, -0.25) is 4.79 Å². The molecule has 0 unspecified atom stereocenters. The molecule has 0 bridgehead atoms. The minimum Gasteiger partial charge on any atom is -0.477 e. The first-order valence-corrected chi connectivity index (χ1v) is 4.29. The second-order valence-electron chi connectivity index (χ2n) is 2.44. The number of rotatable bonds is 1. The maximum absolute atomic E-state index is 11.1. The maximum atomic E-state index is 11.1. The Morgan fingerprint density at radius 3 is 3.00 bits per heavy atom. The molecule has 0 saturated heterocycles. The summed E-state index contributed by atoms with van der Waals surface area (Å²) in [7, 11) is 0. The van der Waals surface area contributed by atoms with E-state index in [4.69, 9.17) is 5.11 Å². The van der Waals surface area contributed by atoms with Crippen LogP contribution in [0.1, 0.15) is 21.0 Å². The molecule has 0 atom stereocenters. The number of aromatic nitrogens is 1. The van der Waals surface area contributed by atoms with E-state index in [0.717, 1.165) is 4.90 Å². The van der Waals surface area contributed by atoms with E-state index in [-0.39, 0.29) is 11.5 Å². The molecule has 1 aromatic heterocycles. The quantitative estimate of drug-likeness (QED) is 0.681. The van der Waals surface area contributed by atoms with Crippen LogP contribution in [0.15, 0.2) is 11.0 Å². The van der Waals surface area contributed by atoms with Crippen LogP contribution in [0.3, 0.4) is 0 Å². The number of ketones is 1. The Labute approximate surface area is 72.0 Å². The maximum Gasteiger partial charge on any atom is 0.352 e. The van der Waals surface area contributed by atoms with Crippen molar-refractivity contribution in [3.8, 4) is 0 Å². The summed E-state index contributed by atoms with van der Waals surface area (Å²) >= 11 is 1.37. The topological polar surface area (TPSA) is 70.2 Å². The van der Waals surface area contributed by atoms with Gasteiger partial charge < -0.3 is 10.1 Å². The van der Waals surface area contributed by atoms with Crippen molar-refractivity contribution in [2.45, 2.75) is 4.90 Å². The normalized spacial score (nSPS) is 14.8. The molecule has 5 heteroatoms. The van der Waals surface area contributed by atoms with Crippen LogP contribution in [0.25, 0.3) is 0 Å². The molecular formula is C7H5NO3S. The first-order valence-electron chi connectivity index (χ1n) is 3.31. The highest BCUT2D eigenvalue weighted by molar-refractivity contribution is 8.00. The van der Waals surface area contributed by atoms with Crippen molar-refractivity contribution in [3.63, 3.8) is 0 Å². The van der Waals surface area contributed by atoms with Gasteiger partial charge in [-0.25, -0.2) is 4.79 Å². The van der Waals surface area contributed by atoms with Crippen molar-refractivity contribution >= 4 is 23.5 Å². The molecule has 1 aromatic rings. The zero-order chi connectivity index (χ0) is 8.72. The van der Waals surface area contributed by atoms with Crippen molar-refractivity contribution in [2.75, 3.05) is 5.75 Å². The van der Waals surface area contributed by atoms with E-state index in [9.17, 15) is 9.59 Å². The number of Topliss-reactive ketones (excluding diaryl/α,β-unsaturated/α-hetero) is 1. The van der Waals surface area contributed by atoms with Crippen molar-refractivity contribution < 1.29 is 14.7 Å². The monoisotopic (exact) mass is 183 g/mol. The number of hydrogen-bond acceptors (Lipinski definition) is 3. The SMILES string of the molecule is O=C(O)c1cc2c([nH]1)C(=O)CS2. The van der Waals surface area contributed by atoms with Crippen LogP contribution in [-0.4, -0.2) is 27.6 Å². The van der Waals surface area contributed by atoms with Crippen molar-refractivity contribution in [2.24, 2.45) is 0 Å². The third-order valence-electron chi connectivity index (χ3n) is 1.65. The fourth-order valence-corrected chi connectivity index (χ4v) is 2.03. The van der Waals surface area contributed by atoms with Gasteiger partial charge in [-0.1, -0.05) is 0 Å². The molecule has 0 saturated carbocycles. The lowest BCUT2D eigenvalue weighted by Gasteiger charge is -1.87. The molecule has 2 N–H and O–H groups in total. The van der Waals surface area contributed by atoms with E-state index in [1.54, 1.807) is 0 Å². The molecule has 12 heavy (non-hydrogen) atoms. The first-order chi connectivity index (χ1) is 5.68. The first kappa shape index (κ1) is 7.42. The summed E-state index contributed by atoms with van der Waals surface area (Å²) in [5, 5.41) is 8.58. The molecule has 0 fully saturated rings. The van der Waals surface area contributed by atoms with Gasteiger partial charge in [0.2, 0.25) is 0 Å². The summed E-state index contributed by atoms with van der Waals surface area (Å²) in [6, 6.07) is 1.49. The summed E-state index contributed by atoms with van der Waals surface area (Å²) in [5.41, 5.74) is 0.526. The number of hydrogen-bond donors (Lipinski definition) is 2. The standard InChI is InChI=1S/C7H5NO3S/c9-4-2-12-5-1-3(7(10)11)8-6(4)5/h1,8H,2H2,(H,10,11). The second-order valence-corrected chi connectivity index (χ2v) is 3.46. The van der Waals surface area contributed by atoms with Gasteiger partial charge in [0.25, 0.3) is 0 Å². The molecule has 0 radical (unpaired) electrons. The predicted molar refractivity (Wildman–Crippen MR) is 42.8 cm³/mol. The number of aromatic carboxylic acids is 1. The number of carbonyl (C=O) groups excluding carboxylic acids is 1. The zero-order valence-electron chi connectivity index (χ0n) is 5.96. The van der Waals surface area contributed by atoms with Gasteiger partial charge in [-0.05, 0) is 6.07 Å². The minimum atomic E-state index is -1.03. The lowest BCUT2D eigenvalue weighted by atomic mass is 10.3. The molecule has 0 aromatic carbocycles. The molecule has 4 nitrogen and oxygen atoms in total. The Hall–Kier alpha value is -1.23. The molecule has 0 spiro atoms. The number of thioether (sulfide) groups is 1. The molecule has 62 valence electrons. The van der Waals surface area contributed by atoms with E-state index in [2.05, 4.69) is 4.98 Å². The number of fused-ring (bicyclic) bond motifs is 1. The average molecular weight is 183 g/mol. The number of nitrogens with one attached hydrogen (secondary N) is 1. The van der Waals surface area contributed by atoms with E-state index in [1.165, 1.54) is 17.8 Å². The molecule has 1 aliphatic heterocycles. The van der Waals surface area contributed by atoms with Gasteiger partial charge in [-0.15, -0.1) is 11.8 Å². The van der Waals surface area contributed by atoms with Crippen LogP contribution in [0.4, 0.5) is 0 Å². The van der Waals surface area contributed by atoms with Crippen molar-refractivity contribution in [3.05, 3.63) is 17.5 Å². The van der Waals surface area contributed by atoms with E-state index < -0.39 is 5.97 Å². The van der Waals surface area contributed by atoms with Crippen molar-refractivity contribution in [1.29, 1.82) is 0 Å². The van der Waals surface area contributed by atoms with E-state index in [0.29, 0.717) is 11.4 Å². The smallest absolute Gasteiger partial charge is 0.352 e. The van der Waals surface area contributed by atoms with Crippen LogP contribution in [0, 0.1) is 0 Å². The zero-order valence-corrected chi connectivity index (χ0v) is 6.77. The summed E-state index contributed by atoms with van der Waals surface area (Å²) in [4.78, 5) is 24.8. The number of carboxylic acid groups (broad SMARTS) is 1. The average Bonchev–Trinajstić information content (AvgIpc) is 2.53. The molecule has 2 rings (SSSR count). The van der Waals surface area contributed by atoms with E-state index >= 15 is 0 Å². The number of carboxylic acids is 1. The van der Waals surface area contributed by atoms with Gasteiger partial charge in [0.1, 0.15) is 5.69 Å². The van der Waals surface area contributed by atoms with Crippen LogP contribution in [0.2, 0.25) is 0 Å². The Kier molecular flexibility index (Phi) is 1.47. The highest BCUT2D eigenvalue weighted by Crippen LogP contribution is 2.31. The van der Waals surface area contributed by atoms with Crippen molar-refractivity contribution in [1.82, 2.24) is 4.98 Å². The minimum absolute atomic E-state index is 0.0255. The molecular weight excluding hydrogens is 178 g/mol. The number of carbonyl (C=O) groups is 2. The second kappa shape index (κ2) is 2.38. The third-order valence-corrected chi connectivity index (χ3v) is 2.69. The molecule has 0 amide bonds. The van der Waals surface area contributed by atoms with Gasteiger partial charge in [0, 0.05) is 4.90 Å². The predicted octanol–water partition coefficient (Wildman–Crippen LogP) is 1.00. The van der Waals surface area contributed by atoms with Crippen LogP contribution >= 0.6 is 11.8 Å². The van der Waals surface area contributed by atoms with Gasteiger partial charge >= 0.3 is 5.97 Å². The highest BCUT2D eigenvalue weighted by Gasteiger charge is 2.24. The summed E-state index contributed by atoms with van der Waals surface area (Å²) < 4.78 is 0. The Balaban J connectivity index is 2.49. The van der Waals surface area contributed by atoms with Gasteiger partial charge in [0.05, 0.1) is 11.4 Å². The van der Waals surface area contributed by atoms with Gasteiger partial charge in [0.15, 0.2) is 5.78 Å². The third kappa shape index (κ3) is 0.937. The molecule has 0 aliphatic carbocycles. The van der Waals surface area contributed by atoms with Gasteiger partial charge in [-0.2, -0.15) is 0 Å². The Bertz CT molecular complexity index is 369.